The van der Waals surface area contributed by atoms with E-state index in [1.54, 1.807) is 0 Å². The zero-order valence-corrected chi connectivity index (χ0v) is 31.9. The minimum atomic E-state index is 1.09. The van der Waals surface area contributed by atoms with Gasteiger partial charge in [-0.2, -0.15) is 0 Å². The maximum atomic E-state index is 2.45. The molecule has 0 aliphatic carbocycles. The van der Waals surface area contributed by atoms with E-state index in [9.17, 15) is 0 Å². The summed E-state index contributed by atoms with van der Waals surface area (Å²) in [6.07, 6.45) is 0. The number of nitrogens with zero attached hydrogens (tertiary/aromatic N) is 2. The van der Waals surface area contributed by atoms with Crippen LogP contribution in [0.3, 0.4) is 0 Å². The SMILES string of the molecule is c1ccc(-c2ccccc2N(c2cccc(-c3cccc4sc5ccccc5c34)c2)c2ccc3c4c(-c5ccccc5)cccc4n(-c4ccccc4)c3c2)cc1. The molecule has 0 atom stereocenters. The highest BCUT2D eigenvalue weighted by atomic mass is 32.1. The highest BCUT2D eigenvalue weighted by Crippen LogP contribution is 2.46. The molecule has 2 aromatic heterocycles. The molecule has 3 heteroatoms. The first-order valence-corrected chi connectivity index (χ1v) is 20.3. The molecule has 9 aromatic carbocycles. The van der Waals surface area contributed by atoms with Crippen molar-refractivity contribution in [3.8, 4) is 39.1 Å². The topological polar surface area (TPSA) is 8.17 Å². The number of hydrogen-bond acceptors (Lipinski definition) is 2. The summed E-state index contributed by atoms with van der Waals surface area (Å²) in [6.45, 7) is 0. The second-order valence-electron chi connectivity index (χ2n) is 14.5. The van der Waals surface area contributed by atoms with Crippen molar-refractivity contribution >= 4 is 70.4 Å². The fraction of sp³-hybridized carbons (Fsp3) is 0. The van der Waals surface area contributed by atoms with Gasteiger partial charge in [-0.05, 0) is 88.5 Å². The molecule has 0 amide bonds. The second-order valence-corrected chi connectivity index (χ2v) is 15.6. The highest BCUT2D eigenvalue weighted by Gasteiger charge is 2.22. The van der Waals surface area contributed by atoms with Gasteiger partial charge in [-0.3, -0.25) is 0 Å². The predicted molar refractivity (Wildman–Crippen MR) is 245 cm³/mol. The molecule has 0 aliphatic rings. The van der Waals surface area contributed by atoms with Crippen molar-refractivity contribution in [3.05, 3.63) is 218 Å². The van der Waals surface area contributed by atoms with E-state index in [1.807, 2.05) is 11.3 Å². The first-order chi connectivity index (χ1) is 28.3. The molecule has 11 rings (SSSR count). The number of para-hydroxylation sites is 2. The molecule has 0 radical (unpaired) electrons. The minimum Gasteiger partial charge on any atom is -0.310 e. The van der Waals surface area contributed by atoms with Crippen LogP contribution in [-0.2, 0) is 0 Å². The Hall–Kier alpha value is -7.20. The molecule has 0 aliphatic heterocycles. The lowest BCUT2D eigenvalue weighted by atomic mass is 9.97. The molecule has 11 aromatic rings. The second kappa shape index (κ2) is 13.8. The van der Waals surface area contributed by atoms with Gasteiger partial charge in [0.15, 0.2) is 0 Å². The fourth-order valence-electron chi connectivity index (χ4n) is 8.69. The van der Waals surface area contributed by atoms with Gasteiger partial charge in [-0.25, -0.2) is 0 Å². The molecular formula is C54H36N2S. The van der Waals surface area contributed by atoms with Crippen molar-refractivity contribution < 1.29 is 0 Å². The van der Waals surface area contributed by atoms with E-state index in [4.69, 9.17) is 0 Å². The van der Waals surface area contributed by atoms with Crippen LogP contribution < -0.4 is 4.90 Å². The van der Waals surface area contributed by atoms with Gasteiger partial charge < -0.3 is 9.47 Å². The number of hydrogen-bond donors (Lipinski definition) is 0. The zero-order chi connectivity index (χ0) is 37.7. The van der Waals surface area contributed by atoms with Gasteiger partial charge in [0.2, 0.25) is 0 Å². The first-order valence-electron chi connectivity index (χ1n) is 19.4. The molecule has 0 bridgehead atoms. The smallest absolute Gasteiger partial charge is 0.0562 e. The molecule has 0 saturated heterocycles. The fourth-order valence-corrected chi connectivity index (χ4v) is 9.83. The average molecular weight is 745 g/mol. The average Bonchev–Trinajstić information content (AvgIpc) is 3.83. The lowest BCUT2D eigenvalue weighted by Crippen LogP contribution is -2.11. The Morgan fingerprint density at radius 2 is 0.930 bits per heavy atom. The van der Waals surface area contributed by atoms with E-state index in [1.165, 1.54) is 69.8 Å². The summed E-state index contributed by atoms with van der Waals surface area (Å²) < 4.78 is 5.05. The molecule has 0 fully saturated rings. The molecular weight excluding hydrogens is 709 g/mol. The van der Waals surface area contributed by atoms with Crippen molar-refractivity contribution in [2.24, 2.45) is 0 Å². The van der Waals surface area contributed by atoms with Crippen LogP contribution in [0.15, 0.2) is 218 Å². The number of aromatic nitrogens is 1. The van der Waals surface area contributed by atoms with E-state index >= 15 is 0 Å². The van der Waals surface area contributed by atoms with E-state index in [-0.39, 0.29) is 0 Å². The summed E-state index contributed by atoms with van der Waals surface area (Å²) in [7, 11) is 0. The van der Waals surface area contributed by atoms with Gasteiger partial charge in [0.1, 0.15) is 0 Å². The van der Waals surface area contributed by atoms with E-state index in [2.05, 4.69) is 228 Å². The molecule has 2 heterocycles. The van der Waals surface area contributed by atoms with Crippen LogP contribution in [0.1, 0.15) is 0 Å². The Morgan fingerprint density at radius 3 is 1.74 bits per heavy atom. The van der Waals surface area contributed by atoms with Crippen molar-refractivity contribution in [2.75, 3.05) is 4.90 Å². The number of rotatable bonds is 7. The van der Waals surface area contributed by atoms with Crippen LogP contribution >= 0.6 is 11.3 Å². The Bertz CT molecular complexity index is 3230. The molecule has 0 spiro atoms. The lowest BCUT2D eigenvalue weighted by molar-refractivity contribution is 1.18. The van der Waals surface area contributed by atoms with Crippen LogP contribution in [0.5, 0.6) is 0 Å². The van der Waals surface area contributed by atoms with Gasteiger partial charge in [0.05, 0.1) is 16.7 Å². The molecule has 0 unspecified atom stereocenters. The monoisotopic (exact) mass is 744 g/mol. The normalized spacial score (nSPS) is 11.5. The van der Waals surface area contributed by atoms with E-state index < -0.39 is 0 Å². The van der Waals surface area contributed by atoms with Gasteiger partial charge in [-0.15, -0.1) is 11.3 Å². The van der Waals surface area contributed by atoms with Crippen LogP contribution in [0.2, 0.25) is 0 Å². The maximum absolute atomic E-state index is 2.45. The summed E-state index contributed by atoms with van der Waals surface area (Å²) in [4.78, 5) is 2.45. The van der Waals surface area contributed by atoms with Crippen LogP contribution in [-0.4, -0.2) is 4.57 Å². The highest BCUT2D eigenvalue weighted by molar-refractivity contribution is 7.25. The van der Waals surface area contributed by atoms with E-state index in [0.29, 0.717) is 0 Å². The molecule has 0 saturated carbocycles. The van der Waals surface area contributed by atoms with Crippen molar-refractivity contribution in [2.45, 2.75) is 0 Å². The first kappa shape index (κ1) is 33.2. The number of anilines is 3. The predicted octanol–water partition coefficient (Wildman–Crippen LogP) is 15.6. The molecule has 2 nitrogen and oxygen atoms in total. The summed E-state index contributed by atoms with van der Waals surface area (Å²) in [5.41, 5.74) is 14.0. The lowest BCUT2D eigenvalue weighted by Gasteiger charge is -2.28. The largest absolute Gasteiger partial charge is 0.310 e. The standard InChI is InChI=1S/C54H36N2S/c1-4-17-37(18-5-1)43-25-10-12-29-48(43)55(41-24-14-21-39(35-41)45-28-16-32-52-54(45)47-26-11-13-31-51(47)57-52)42-33-34-46-50(36-42)56(40-22-8-3-9-23-40)49-30-15-27-44(53(46)49)38-19-6-2-7-20-38/h1-36H. The zero-order valence-electron chi connectivity index (χ0n) is 31.1. The summed E-state index contributed by atoms with van der Waals surface area (Å²) in [5.74, 6) is 0. The van der Waals surface area contributed by atoms with Crippen LogP contribution in [0.4, 0.5) is 17.1 Å². The van der Waals surface area contributed by atoms with Gasteiger partial charge in [0, 0.05) is 53.6 Å². The maximum Gasteiger partial charge on any atom is 0.0562 e. The van der Waals surface area contributed by atoms with Gasteiger partial charge in [0.25, 0.3) is 0 Å². The summed E-state index contributed by atoms with van der Waals surface area (Å²) >= 11 is 1.86. The third kappa shape index (κ3) is 5.63. The van der Waals surface area contributed by atoms with Crippen LogP contribution in [0, 0.1) is 0 Å². The minimum absolute atomic E-state index is 1.09. The third-order valence-electron chi connectivity index (χ3n) is 11.2. The van der Waals surface area contributed by atoms with Crippen molar-refractivity contribution in [3.63, 3.8) is 0 Å². The summed E-state index contributed by atoms with van der Waals surface area (Å²) in [5, 5.41) is 5.09. The number of thiophene rings is 1. The Labute approximate surface area is 335 Å². The molecule has 268 valence electrons. The third-order valence-corrected chi connectivity index (χ3v) is 12.3. The van der Waals surface area contributed by atoms with Gasteiger partial charge >= 0.3 is 0 Å². The number of fused-ring (bicyclic) bond motifs is 6. The summed E-state index contributed by atoms with van der Waals surface area (Å²) in [6, 6.07) is 79.4. The van der Waals surface area contributed by atoms with Gasteiger partial charge in [-0.1, -0.05) is 158 Å². The van der Waals surface area contributed by atoms with Crippen molar-refractivity contribution in [1.29, 1.82) is 0 Å². The van der Waals surface area contributed by atoms with Crippen molar-refractivity contribution in [1.82, 2.24) is 4.57 Å². The Morgan fingerprint density at radius 1 is 0.351 bits per heavy atom. The number of benzene rings is 9. The van der Waals surface area contributed by atoms with Crippen LogP contribution in [0.25, 0.3) is 81.0 Å². The molecule has 57 heavy (non-hydrogen) atoms. The Balaban J connectivity index is 1.18. The molecule has 0 N–H and O–H groups in total. The quantitative estimate of drug-likeness (QED) is 0.158. The van der Waals surface area contributed by atoms with E-state index in [0.717, 1.165) is 28.3 Å². The Kier molecular flexibility index (Phi) is 8.04.